The summed E-state index contributed by atoms with van der Waals surface area (Å²) in [6, 6.07) is 14.2. The predicted octanol–water partition coefficient (Wildman–Crippen LogP) is 4.50. The quantitative estimate of drug-likeness (QED) is 0.444. The third-order valence-electron chi connectivity index (χ3n) is 6.49. The molecule has 1 fully saturated rings. The van der Waals surface area contributed by atoms with Gasteiger partial charge in [0, 0.05) is 48.7 Å². The van der Waals surface area contributed by atoms with Gasteiger partial charge in [-0.05, 0) is 56.8 Å². The molecule has 7 nitrogen and oxygen atoms in total. The molecule has 1 aliphatic rings. The van der Waals surface area contributed by atoms with Crippen LogP contribution in [0.25, 0.3) is 33.7 Å². The Morgan fingerprint density at radius 2 is 1.76 bits per heavy atom. The highest BCUT2D eigenvalue weighted by Crippen LogP contribution is 2.37. The summed E-state index contributed by atoms with van der Waals surface area (Å²) in [5.41, 5.74) is 7.23. The normalized spacial score (nSPS) is 14.7. The van der Waals surface area contributed by atoms with Crippen LogP contribution < -0.4 is 9.64 Å². The van der Waals surface area contributed by atoms with E-state index < -0.39 is 0 Å². The molecule has 0 radical (unpaired) electrons. The number of aromatic nitrogens is 3. The molecule has 0 spiro atoms. The number of ether oxygens (including phenoxy) is 1. The molecule has 0 unspecified atom stereocenters. The lowest BCUT2D eigenvalue weighted by molar-refractivity contribution is 0.101. The molecule has 170 valence electrons. The molecule has 0 atom stereocenters. The second-order valence-electron chi connectivity index (χ2n) is 8.74. The molecule has 5 rings (SSSR count). The maximum Gasteiger partial charge on any atom is 0.162 e. The number of rotatable bonds is 5. The van der Waals surface area contributed by atoms with E-state index in [2.05, 4.69) is 45.0 Å². The van der Waals surface area contributed by atoms with Gasteiger partial charge in [-0.2, -0.15) is 0 Å². The number of Topliss-reactive ketones (excluding diaryl/α,β-unsaturated/α-hetero) is 1. The standard InChI is InChI=1S/C26H29N5O2/c1-16-23(17(2)32)24(18-5-8-20(33-4)9-6-18)25(27-16)26-28-21-10-7-19(15-22(21)29-26)31-13-11-30(3)12-14-31/h5-10,15,27H,11-14H2,1-4H3,(H,28,29). The Morgan fingerprint density at radius 1 is 1.03 bits per heavy atom. The van der Waals surface area contributed by atoms with E-state index in [-0.39, 0.29) is 5.78 Å². The van der Waals surface area contributed by atoms with Crippen molar-refractivity contribution in [3.63, 3.8) is 0 Å². The van der Waals surface area contributed by atoms with Gasteiger partial charge in [0.1, 0.15) is 5.75 Å². The fourth-order valence-corrected chi connectivity index (χ4v) is 4.66. The Hall–Kier alpha value is -3.58. The van der Waals surface area contributed by atoms with Crippen molar-refractivity contribution < 1.29 is 9.53 Å². The maximum atomic E-state index is 12.6. The van der Waals surface area contributed by atoms with E-state index in [9.17, 15) is 4.79 Å². The number of piperazine rings is 1. The van der Waals surface area contributed by atoms with Gasteiger partial charge < -0.3 is 24.5 Å². The predicted molar refractivity (Wildman–Crippen MR) is 132 cm³/mol. The SMILES string of the molecule is COc1ccc(-c2c(-c3nc4cc(N5CCN(C)CC5)ccc4[nH]3)[nH]c(C)c2C(C)=O)cc1. The minimum absolute atomic E-state index is 0.0225. The number of H-pyrrole nitrogens is 2. The molecule has 2 N–H and O–H groups in total. The number of fused-ring (bicyclic) bond motifs is 1. The first-order valence-electron chi connectivity index (χ1n) is 11.3. The summed E-state index contributed by atoms with van der Waals surface area (Å²) >= 11 is 0. The maximum absolute atomic E-state index is 12.6. The number of aromatic amines is 2. The fraction of sp³-hybridized carbons (Fsp3) is 0.308. The van der Waals surface area contributed by atoms with Crippen molar-refractivity contribution in [1.82, 2.24) is 19.9 Å². The second-order valence-corrected chi connectivity index (χ2v) is 8.74. The Kier molecular flexibility index (Phi) is 5.42. The molecule has 4 aromatic rings. The van der Waals surface area contributed by atoms with E-state index in [0.717, 1.165) is 71.3 Å². The summed E-state index contributed by atoms with van der Waals surface area (Å²) in [4.78, 5) is 29.1. The van der Waals surface area contributed by atoms with Crippen LogP contribution in [0.15, 0.2) is 42.5 Å². The zero-order valence-corrected chi connectivity index (χ0v) is 19.5. The van der Waals surface area contributed by atoms with Crippen molar-refractivity contribution in [1.29, 1.82) is 0 Å². The Labute approximate surface area is 193 Å². The fourth-order valence-electron chi connectivity index (χ4n) is 4.66. The van der Waals surface area contributed by atoms with Crippen molar-refractivity contribution in [3.8, 4) is 28.4 Å². The molecular weight excluding hydrogens is 414 g/mol. The largest absolute Gasteiger partial charge is 0.497 e. The Morgan fingerprint density at radius 3 is 2.42 bits per heavy atom. The highest BCUT2D eigenvalue weighted by molar-refractivity contribution is 6.05. The molecule has 3 heterocycles. The van der Waals surface area contributed by atoms with Crippen LogP contribution in [0.5, 0.6) is 5.75 Å². The van der Waals surface area contributed by atoms with E-state index in [1.54, 1.807) is 14.0 Å². The van der Waals surface area contributed by atoms with Gasteiger partial charge in [0.05, 0.1) is 23.8 Å². The van der Waals surface area contributed by atoms with Crippen molar-refractivity contribution >= 4 is 22.5 Å². The highest BCUT2D eigenvalue weighted by Gasteiger charge is 2.23. The molecule has 2 aromatic heterocycles. The Balaban J connectivity index is 1.59. The molecule has 0 saturated carbocycles. The van der Waals surface area contributed by atoms with Gasteiger partial charge in [-0.15, -0.1) is 0 Å². The number of methoxy groups -OCH3 is 1. The monoisotopic (exact) mass is 443 g/mol. The average molecular weight is 444 g/mol. The average Bonchev–Trinajstić information content (AvgIpc) is 3.40. The van der Waals surface area contributed by atoms with Gasteiger partial charge in [-0.3, -0.25) is 4.79 Å². The summed E-state index contributed by atoms with van der Waals surface area (Å²) in [5.74, 6) is 1.52. The summed E-state index contributed by atoms with van der Waals surface area (Å²) in [7, 11) is 3.81. The van der Waals surface area contributed by atoms with E-state index >= 15 is 0 Å². The summed E-state index contributed by atoms with van der Waals surface area (Å²) < 4.78 is 5.31. The van der Waals surface area contributed by atoms with E-state index in [1.807, 2.05) is 31.2 Å². The molecule has 7 heteroatoms. The first-order valence-corrected chi connectivity index (χ1v) is 11.3. The van der Waals surface area contributed by atoms with Crippen molar-refractivity contribution in [3.05, 3.63) is 53.7 Å². The smallest absolute Gasteiger partial charge is 0.162 e. The van der Waals surface area contributed by atoms with Crippen LogP contribution in [0.2, 0.25) is 0 Å². The van der Waals surface area contributed by atoms with Crippen LogP contribution in [-0.4, -0.2) is 66.0 Å². The third-order valence-corrected chi connectivity index (χ3v) is 6.49. The first kappa shape index (κ1) is 21.3. The van der Waals surface area contributed by atoms with E-state index in [0.29, 0.717) is 5.56 Å². The lowest BCUT2D eigenvalue weighted by Crippen LogP contribution is -2.44. The lowest BCUT2D eigenvalue weighted by Gasteiger charge is -2.34. The summed E-state index contributed by atoms with van der Waals surface area (Å²) in [6.07, 6.45) is 0. The summed E-state index contributed by atoms with van der Waals surface area (Å²) in [5, 5.41) is 0. The minimum Gasteiger partial charge on any atom is -0.497 e. The van der Waals surface area contributed by atoms with Gasteiger partial charge in [0.15, 0.2) is 11.6 Å². The van der Waals surface area contributed by atoms with Crippen LogP contribution in [0.4, 0.5) is 5.69 Å². The summed E-state index contributed by atoms with van der Waals surface area (Å²) in [6.45, 7) is 7.68. The van der Waals surface area contributed by atoms with Crippen molar-refractivity contribution in [2.75, 3.05) is 45.2 Å². The number of nitrogens with zero attached hydrogens (tertiary/aromatic N) is 3. The van der Waals surface area contributed by atoms with Gasteiger partial charge in [0.25, 0.3) is 0 Å². The molecule has 33 heavy (non-hydrogen) atoms. The third kappa shape index (κ3) is 3.89. The number of carbonyl (C=O) groups is 1. The number of carbonyl (C=O) groups excluding carboxylic acids is 1. The van der Waals surface area contributed by atoms with Crippen molar-refractivity contribution in [2.24, 2.45) is 0 Å². The molecule has 1 saturated heterocycles. The van der Waals surface area contributed by atoms with E-state index in [4.69, 9.17) is 9.72 Å². The minimum atomic E-state index is 0.0225. The molecular formula is C26H29N5O2. The molecule has 0 aliphatic carbocycles. The molecule has 0 amide bonds. The van der Waals surface area contributed by atoms with Crippen LogP contribution in [0.1, 0.15) is 23.0 Å². The van der Waals surface area contributed by atoms with Crippen LogP contribution >= 0.6 is 0 Å². The van der Waals surface area contributed by atoms with Gasteiger partial charge in [-0.25, -0.2) is 4.98 Å². The van der Waals surface area contributed by atoms with Gasteiger partial charge in [0.2, 0.25) is 0 Å². The first-order chi connectivity index (χ1) is 15.9. The number of hydrogen-bond acceptors (Lipinski definition) is 5. The zero-order chi connectivity index (χ0) is 23.1. The number of likely N-dealkylation sites (N-methyl/N-ethyl adjacent to an activating group) is 1. The molecule has 1 aliphatic heterocycles. The zero-order valence-electron chi connectivity index (χ0n) is 19.5. The van der Waals surface area contributed by atoms with Gasteiger partial charge >= 0.3 is 0 Å². The number of hydrogen-bond donors (Lipinski definition) is 2. The number of ketones is 1. The second kappa shape index (κ2) is 8.41. The topological polar surface area (TPSA) is 77.2 Å². The van der Waals surface area contributed by atoms with E-state index in [1.165, 1.54) is 5.69 Å². The lowest BCUT2D eigenvalue weighted by atomic mass is 9.97. The van der Waals surface area contributed by atoms with Crippen LogP contribution in [-0.2, 0) is 0 Å². The highest BCUT2D eigenvalue weighted by atomic mass is 16.5. The molecule has 2 aromatic carbocycles. The van der Waals surface area contributed by atoms with Crippen molar-refractivity contribution in [2.45, 2.75) is 13.8 Å². The van der Waals surface area contributed by atoms with Crippen LogP contribution in [0, 0.1) is 6.92 Å². The Bertz CT molecular complexity index is 1310. The number of anilines is 1. The number of nitrogens with one attached hydrogen (secondary N) is 2. The number of imidazole rings is 1. The number of benzene rings is 2. The number of aryl methyl sites for hydroxylation is 1. The molecule has 0 bridgehead atoms. The van der Waals surface area contributed by atoms with Crippen LogP contribution in [0.3, 0.4) is 0 Å². The van der Waals surface area contributed by atoms with Gasteiger partial charge in [-0.1, -0.05) is 12.1 Å².